The van der Waals surface area contributed by atoms with Gasteiger partial charge in [-0.2, -0.15) is 26.3 Å². The smallest absolute Gasteiger partial charge is 0.422 e. The van der Waals surface area contributed by atoms with Crippen LogP contribution >= 0.6 is 0 Å². The number of alkyl halides is 6. The van der Waals surface area contributed by atoms with Crippen molar-refractivity contribution in [2.24, 2.45) is 0 Å². The van der Waals surface area contributed by atoms with Gasteiger partial charge in [-0.05, 0) is 59.9 Å². The van der Waals surface area contributed by atoms with Crippen molar-refractivity contribution in [2.75, 3.05) is 6.54 Å². The highest BCUT2D eigenvalue weighted by Gasteiger charge is 2.77. The number of piperidine rings is 1. The van der Waals surface area contributed by atoms with Crippen LogP contribution in [0.25, 0.3) is 0 Å². The van der Waals surface area contributed by atoms with Gasteiger partial charge in [0.2, 0.25) is 5.60 Å². The Kier molecular flexibility index (Phi) is 8.58. The van der Waals surface area contributed by atoms with Crippen molar-refractivity contribution in [1.29, 1.82) is 0 Å². The first-order chi connectivity index (χ1) is 20.7. The molecule has 0 aliphatic carbocycles. The van der Waals surface area contributed by atoms with Crippen LogP contribution in [-0.4, -0.2) is 46.8 Å². The predicted molar refractivity (Wildman–Crippen MR) is 130 cm³/mol. The molecule has 0 N–H and O–H groups in total. The molecule has 2 fully saturated rings. The fourth-order valence-electron chi connectivity index (χ4n) is 7.24. The van der Waals surface area contributed by atoms with E-state index in [1.54, 1.807) is 0 Å². The van der Waals surface area contributed by atoms with Crippen molar-refractivity contribution in [2.45, 2.75) is 88.2 Å². The fourth-order valence-corrected chi connectivity index (χ4v) is 7.24. The molecule has 0 spiro atoms. The molecule has 2 heterocycles. The van der Waals surface area contributed by atoms with E-state index in [2.05, 4.69) is 4.65 Å². The van der Waals surface area contributed by atoms with E-state index < -0.39 is 123 Å². The van der Waals surface area contributed by atoms with Gasteiger partial charge in [0, 0.05) is 11.1 Å². The highest BCUT2D eigenvalue weighted by atomic mass is 19.4. The molecule has 4 rings (SSSR count). The molecule has 0 bridgehead atoms. The van der Waals surface area contributed by atoms with E-state index in [4.69, 9.17) is 0 Å². The van der Waals surface area contributed by atoms with Crippen LogP contribution in [0, 0.1) is 58.2 Å². The molecule has 2 nitrogen and oxygen atoms in total. The van der Waals surface area contributed by atoms with Crippen molar-refractivity contribution in [3.63, 3.8) is 0 Å². The van der Waals surface area contributed by atoms with Gasteiger partial charge in [-0.1, -0.05) is 10.9 Å². The zero-order chi connectivity index (χ0) is 35.3. The number of hydrogen-bond acceptors (Lipinski definition) is 2. The van der Waals surface area contributed by atoms with Gasteiger partial charge in [0.05, 0.1) is 0 Å². The van der Waals surface area contributed by atoms with E-state index in [9.17, 15) is 52.7 Å². The summed E-state index contributed by atoms with van der Waals surface area (Å²) < 4.78 is 241. The van der Waals surface area contributed by atoms with Crippen LogP contribution < -0.4 is 10.9 Å². The molecule has 2 aromatic rings. The summed E-state index contributed by atoms with van der Waals surface area (Å²) in [6.45, 7) is 4.41. The topological polar surface area (TPSA) is 12.5 Å². The zero-order valence-electron chi connectivity index (χ0n) is 24.1. The predicted octanol–water partition coefficient (Wildman–Crippen LogP) is 7.83. The van der Waals surface area contributed by atoms with Gasteiger partial charge in [-0.15, -0.1) is 5.82 Å². The summed E-state index contributed by atoms with van der Waals surface area (Å²) >= 11 is 0. The minimum absolute atomic E-state index is 0.165. The monoisotopic (exact) mass is 692 g/mol. The molecular weight excluding hydrogens is 669 g/mol. The third-order valence-corrected chi connectivity index (χ3v) is 9.32. The summed E-state index contributed by atoms with van der Waals surface area (Å²) in [4.78, 5) is 1.18. The Morgan fingerprint density at radius 1 is 0.587 bits per heavy atom. The van der Waals surface area contributed by atoms with Crippen LogP contribution in [0.5, 0.6) is 0 Å². The lowest BCUT2D eigenvalue weighted by molar-refractivity contribution is -0.355. The standard InChI is InChI=1S/C27H23BF16NO/c1-23(2)6-5-7-24(3,4)45(23)9-10-8-25(26(39,40)41,27(42,43)44)46-28(10,11-13(29)17(33)21(37)18(34)14(11)30)12-15(31)19(35)22(38)20(36)16(12)32/h10H,5-9H2,1-4H3/q-1/t10-/m1/s1. The number of rotatable bonds is 4. The lowest BCUT2D eigenvalue weighted by Gasteiger charge is -2.56. The second kappa shape index (κ2) is 10.9. The minimum atomic E-state index is -6.70. The lowest BCUT2D eigenvalue weighted by atomic mass is 9.25. The van der Waals surface area contributed by atoms with Gasteiger partial charge in [0.1, 0.15) is 23.3 Å². The maximum atomic E-state index is 15.6. The maximum Gasteiger partial charge on any atom is 0.422 e. The van der Waals surface area contributed by atoms with Crippen LogP contribution in [0.4, 0.5) is 70.2 Å². The lowest BCUT2D eigenvalue weighted by Crippen LogP contribution is -2.71. The maximum absolute atomic E-state index is 15.6. The van der Waals surface area contributed by atoms with Crippen molar-refractivity contribution in [3.05, 3.63) is 58.2 Å². The summed E-state index contributed by atoms with van der Waals surface area (Å²) in [6.07, 6.45) is -21.1. The second-order valence-electron chi connectivity index (χ2n) is 12.8. The number of benzene rings is 2. The van der Waals surface area contributed by atoms with Gasteiger partial charge in [0.25, 0.3) is 0 Å². The average Bonchev–Trinajstić information content (AvgIpc) is 3.27. The highest BCUT2D eigenvalue weighted by molar-refractivity contribution is 6.99. The highest BCUT2D eigenvalue weighted by Crippen LogP contribution is 2.59. The molecule has 2 aliphatic heterocycles. The quantitative estimate of drug-likeness (QED) is 0.140. The molecule has 2 aliphatic rings. The molecule has 0 radical (unpaired) electrons. The molecule has 0 saturated carbocycles. The molecule has 0 unspecified atom stereocenters. The summed E-state index contributed by atoms with van der Waals surface area (Å²) in [5, 5.41) is 0. The van der Waals surface area contributed by atoms with Gasteiger partial charge in [0.15, 0.2) is 41.3 Å². The van der Waals surface area contributed by atoms with Gasteiger partial charge in [-0.25, -0.2) is 43.9 Å². The summed E-state index contributed by atoms with van der Waals surface area (Å²) in [7, 11) is 0. The largest absolute Gasteiger partial charge is 0.564 e. The minimum Gasteiger partial charge on any atom is -0.564 e. The van der Waals surface area contributed by atoms with E-state index >= 15 is 17.6 Å². The molecule has 2 aromatic carbocycles. The Morgan fingerprint density at radius 2 is 0.891 bits per heavy atom. The first-order valence-corrected chi connectivity index (χ1v) is 13.5. The van der Waals surface area contributed by atoms with Crippen LogP contribution in [0.1, 0.15) is 53.4 Å². The fraction of sp³-hybridized carbons (Fsp3) is 0.556. The summed E-state index contributed by atoms with van der Waals surface area (Å²) in [5.41, 5.74) is -13.6. The molecule has 258 valence electrons. The average molecular weight is 692 g/mol. The van der Waals surface area contributed by atoms with Crippen LogP contribution in [0.3, 0.4) is 0 Å². The van der Waals surface area contributed by atoms with Crippen molar-refractivity contribution in [3.8, 4) is 0 Å². The van der Waals surface area contributed by atoms with E-state index in [0.717, 1.165) is 0 Å². The van der Waals surface area contributed by atoms with Crippen LogP contribution in [0.2, 0.25) is 5.82 Å². The Balaban J connectivity index is 2.30. The molecule has 0 aromatic heterocycles. The summed E-state index contributed by atoms with van der Waals surface area (Å²) in [5.74, 6) is -33.8. The molecule has 19 heteroatoms. The van der Waals surface area contributed by atoms with Crippen LogP contribution in [-0.2, 0) is 4.65 Å². The van der Waals surface area contributed by atoms with Gasteiger partial charge < -0.3 is 4.65 Å². The third-order valence-electron chi connectivity index (χ3n) is 9.32. The number of nitrogens with zero attached hydrogens (tertiary/aromatic N) is 1. The first-order valence-electron chi connectivity index (χ1n) is 13.5. The first kappa shape index (κ1) is 36.1. The molecule has 1 atom stereocenters. The number of likely N-dealkylation sites (tertiary alicyclic amines) is 1. The third kappa shape index (κ3) is 4.96. The van der Waals surface area contributed by atoms with E-state index in [1.165, 1.54) is 32.6 Å². The Hall–Kier alpha value is -2.70. The van der Waals surface area contributed by atoms with Crippen molar-refractivity contribution < 1.29 is 74.9 Å². The molecular formula is C27H23BF16NO-. The zero-order valence-corrected chi connectivity index (χ0v) is 24.1. The van der Waals surface area contributed by atoms with Crippen molar-refractivity contribution >= 4 is 17.3 Å². The SMILES string of the molecule is CC1(C)CCCC(C)(C)N1C[C@H]1CC(C(F)(F)F)(C(F)(F)F)O[B-]1(c1c(F)c(F)c(F)c(F)c1F)c1c(F)c(F)c(F)c(F)c1F. The Labute approximate surface area is 250 Å². The number of hydrogen-bond donors (Lipinski definition) is 0. The molecule has 46 heavy (non-hydrogen) atoms. The molecule has 2 saturated heterocycles. The Morgan fingerprint density at radius 3 is 1.20 bits per heavy atom. The second-order valence-corrected chi connectivity index (χ2v) is 12.8. The Bertz CT molecular complexity index is 1410. The van der Waals surface area contributed by atoms with E-state index in [0.29, 0.717) is 6.42 Å². The van der Waals surface area contributed by atoms with E-state index in [1.807, 2.05) is 0 Å². The normalized spacial score (nSPS) is 22.8. The van der Waals surface area contributed by atoms with Crippen molar-refractivity contribution in [1.82, 2.24) is 4.90 Å². The van der Waals surface area contributed by atoms with Gasteiger partial charge >= 0.3 is 12.4 Å². The number of halogens is 16. The van der Waals surface area contributed by atoms with E-state index in [-0.39, 0.29) is 12.8 Å². The molecule has 0 amide bonds. The van der Waals surface area contributed by atoms with Crippen LogP contribution in [0.15, 0.2) is 0 Å². The van der Waals surface area contributed by atoms with Gasteiger partial charge in [-0.3, -0.25) is 4.90 Å². The summed E-state index contributed by atoms with van der Waals surface area (Å²) in [6, 6.07) is 0.